The van der Waals surface area contributed by atoms with Gasteiger partial charge in [0.2, 0.25) is 12.9 Å². The van der Waals surface area contributed by atoms with E-state index in [4.69, 9.17) is 14.2 Å². The van der Waals surface area contributed by atoms with Gasteiger partial charge in [-0.15, -0.1) is 0 Å². The van der Waals surface area contributed by atoms with Gasteiger partial charge in [0.1, 0.15) is 0 Å². The molecule has 0 aliphatic carbocycles. The number of piperidine rings is 1. The highest BCUT2D eigenvalue weighted by Gasteiger charge is 2.41. The molecule has 3 aliphatic rings. The average Bonchev–Trinajstić information content (AvgIpc) is 3.33. The lowest BCUT2D eigenvalue weighted by Crippen LogP contribution is -2.51. The van der Waals surface area contributed by atoms with Gasteiger partial charge in [0.15, 0.2) is 11.5 Å². The number of hydrogen-bond acceptors (Lipinski definition) is 6. The van der Waals surface area contributed by atoms with Gasteiger partial charge in [-0.2, -0.15) is 0 Å². The molecular weight excluding hydrogens is 408 g/mol. The Balaban J connectivity index is 1.23. The lowest BCUT2D eigenvalue weighted by molar-refractivity contribution is -0.154. The van der Waals surface area contributed by atoms with Crippen LogP contribution in [-0.2, 0) is 20.9 Å². The van der Waals surface area contributed by atoms with E-state index in [9.17, 15) is 9.59 Å². The van der Waals surface area contributed by atoms with E-state index < -0.39 is 12.1 Å². The van der Waals surface area contributed by atoms with Crippen LogP contribution in [0.25, 0.3) is 0 Å². The Kier molecular flexibility index (Phi) is 5.74. The molecule has 2 aromatic rings. The van der Waals surface area contributed by atoms with Crippen molar-refractivity contribution in [3.63, 3.8) is 0 Å². The molecule has 3 unspecified atom stereocenters. The van der Waals surface area contributed by atoms with Crippen molar-refractivity contribution in [1.82, 2.24) is 10.2 Å². The van der Waals surface area contributed by atoms with E-state index >= 15 is 0 Å². The molecule has 0 spiro atoms. The zero-order valence-corrected chi connectivity index (χ0v) is 18.2. The maximum Gasteiger partial charge on any atom is 0.303 e. The van der Waals surface area contributed by atoms with Crippen molar-refractivity contribution in [1.29, 1.82) is 0 Å². The molecule has 7 nitrogen and oxygen atoms in total. The third-order valence-electron chi connectivity index (χ3n) is 6.66. The molecule has 1 amide bonds. The van der Waals surface area contributed by atoms with E-state index in [-0.39, 0.29) is 18.7 Å². The van der Waals surface area contributed by atoms with Crippen molar-refractivity contribution in [3.05, 3.63) is 59.7 Å². The molecule has 3 atom stereocenters. The summed E-state index contributed by atoms with van der Waals surface area (Å²) in [6.07, 6.45) is 3.14. The van der Waals surface area contributed by atoms with Gasteiger partial charge in [-0.3, -0.25) is 14.5 Å². The summed E-state index contributed by atoms with van der Waals surface area (Å²) < 4.78 is 16.3. The van der Waals surface area contributed by atoms with Gasteiger partial charge in [0.05, 0.1) is 0 Å². The Morgan fingerprint density at radius 2 is 1.78 bits per heavy atom. The van der Waals surface area contributed by atoms with Gasteiger partial charge in [0.25, 0.3) is 5.91 Å². The summed E-state index contributed by atoms with van der Waals surface area (Å²) in [5, 5.41) is 3.16. The van der Waals surface area contributed by atoms with Crippen LogP contribution in [0.15, 0.2) is 48.5 Å². The van der Waals surface area contributed by atoms with Gasteiger partial charge in [-0.05, 0) is 43.4 Å². The van der Waals surface area contributed by atoms with E-state index in [2.05, 4.69) is 22.3 Å². The number of carbonyl (C=O) groups excluding carboxylic acids is 2. The molecule has 2 bridgehead atoms. The Hall–Kier alpha value is -3.06. The summed E-state index contributed by atoms with van der Waals surface area (Å²) in [4.78, 5) is 27.2. The Bertz CT molecular complexity index is 981. The van der Waals surface area contributed by atoms with Crippen LogP contribution in [0.2, 0.25) is 0 Å². The standard InChI is InChI=1S/C25H28N2O5/c1-16(28)32-24(18-5-3-2-4-6-18)25(29)26-19-12-20-8-9-21(13-19)27(20)14-17-7-10-22-23(11-17)31-15-30-22/h2-7,10-11,19-21,24H,8-9,12-15H2,1H3,(H,26,29). The molecule has 1 N–H and O–H groups in total. The van der Waals surface area contributed by atoms with Crippen LogP contribution in [-0.4, -0.2) is 41.7 Å². The van der Waals surface area contributed by atoms with Crippen LogP contribution in [0.1, 0.15) is 49.8 Å². The first-order chi connectivity index (χ1) is 15.6. The second-order valence-electron chi connectivity index (χ2n) is 8.82. The number of amides is 1. The highest BCUT2D eigenvalue weighted by Crippen LogP contribution is 2.39. The number of benzene rings is 2. The molecule has 2 saturated heterocycles. The minimum Gasteiger partial charge on any atom is -0.454 e. The van der Waals surface area contributed by atoms with Gasteiger partial charge in [0, 0.05) is 37.2 Å². The molecule has 2 aromatic carbocycles. The number of rotatable bonds is 6. The smallest absolute Gasteiger partial charge is 0.303 e. The summed E-state index contributed by atoms with van der Waals surface area (Å²) in [7, 11) is 0. The number of ether oxygens (including phenoxy) is 3. The van der Waals surface area contributed by atoms with Crippen molar-refractivity contribution < 1.29 is 23.8 Å². The van der Waals surface area contributed by atoms with Gasteiger partial charge in [-0.1, -0.05) is 36.4 Å². The molecule has 7 heteroatoms. The predicted molar refractivity (Wildman–Crippen MR) is 117 cm³/mol. The molecule has 0 aromatic heterocycles. The highest BCUT2D eigenvalue weighted by atomic mass is 16.7. The molecule has 2 fully saturated rings. The van der Waals surface area contributed by atoms with Crippen molar-refractivity contribution in [2.75, 3.05) is 6.79 Å². The van der Waals surface area contributed by atoms with Crippen molar-refractivity contribution >= 4 is 11.9 Å². The molecule has 3 aliphatic heterocycles. The van der Waals surface area contributed by atoms with Gasteiger partial charge < -0.3 is 19.5 Å². The van der Waals surface area contributed by atoms with Crippen LogP contribution in [0.4, 0.5) is 0 Å². The predicted octanol–water partition coefficient (Wildman–Crippen LogP) is 3.33. The van der Waals surface area contributed by atoms with Gasteiger partial charge in [-0.25, -0.2) is 0 Å². The topological polar surface area (TPSA) is 77.1 Å². The normalized spacial score (nSPS) is 24.7. The first-order valence-corrected chi connectivity index (χ1v) is 11.2. The maximum atomic E-state index is 13.0. The lowest BCUT2D eigenvalue weighted by atomic mass is 9.96. The first kappa shape index (κ1) is 20.8. The van der Waals surface area contributed by atoms with E-state index in [0.29, 0.717) is 17.6 Å². The summed E-state index contributed by atoms with van der Waals surface area (Å²) in [6, 6.07) is 16.3. The van der Waals surface area contributed by atoms with Crippen LogP contribution < -0.4 is 14.8 Å². The average molecular weight is 437 g/mol. The summed E-state index contributed by atoms with van der Waals surface area (Å²) in [5.74, 6) is 0.904. The van der Waals surface area contributed by atoms with Gasteiger partial charge >= 0.3 is 5.97 Å². The van der Waals surface area contributed by atoms with Crippen LogP contribution >= 0.6 is 0 Å². The summed E-state index contributed by atoms with van der Waals surface area (Å²) in [5.41, 5.74) is 1.90. The maximum absolute atomic E-state index is 13.0. The molecule has 168 valence electrons. The zero-order chi connectivity index (χ0) is 22.1. The van der Waals surface area contributed by atoms with Crippen LogP contribution in [0, 0.1) is 0 Å². The summed E-state index contributed by atoms with van der Waals surface area (Å²) in [6.45, 7) is 2.48. The Labute approximate surface area is 187 Å². The van der Waals surface area contributed by atoms with E-state index in [1.54, 1.807) is 0 Å². The van der Waals surface area contributed by atoms with Crippen LogP contribution in [0.3, 0.4) is 0 Å². The van der Waals surface area contributed by atoms with Crippen molar-refractivity contribution in [3.8, 4) is 11.5 Å². The van der Waals surface area contributed by atoms with E-state index in [1.807, 2.05) is 36.4 Å². The first-order valence-electron chi connectivity index (χ1n) is 11.2. The fraction of sp³-hybridized carbons (Fsp3) is 0.440. The molecule has 5 rings (SSSR count). The minimum absolute atomic E-state index is 0.0785. The quantitative estimate of drug-likeness (QED) is 0.700. The second-order valence-corrected chi connectivity index (χ2v) is 8.82. The fourth-order valence-corrected chi connectivity index (χ4v) is 5.24. The van der Waals surface area contributed by atoms with E-state index in [0.717, 1.165) is 43.7 Å². The monoisotopic (exact) mass is 436 g/mol. The van der Waals surface area contributed by atoms with Crippen LogP contribution in [0.5, 0.6) is 11.5 Å². The molecule has 0 radical (unpaired) electrons. The second kappa shape index (κ2) is 8.82. The number of fused-ring (bicyclic) bond motifs is 3. The third kappa shape index (κ3) is 4.30. The number of nitrogens with zero attached hydrogens (tertiary/aromatic N) is 1. The molecule has 0 saturated carbocycles. The van der Waals surface area contributed by atoms with Crippen molar-refractivity contribution in [2.45, 2.75) is 63.4 Å². The molecular formula is C25H28N2O5. The number of hydrogen-bond donors (Lipinski definition) is 1. The fourth-order valence-electron chi connectivity index (χ4n) is 5.24. The number of esters is 1. The Morgan fingerprint density at radius 1 is 1.06 bits per heavy atom. The SMILES string of the molecule is CC(=O)OC(C(=O)NC1CC2CCC(C1)N2Cc1ccc2c(c1)OCO2)c1ccccc1. The summed E-state index contributed by atoms with van der Waals surface area (Å²) >= 11 is 0. The molecule has 32 heavy (non-hydrogen) atoms. The zero-order valence-electron chi connectivity index (χ0n) is 18.2. The van der Waals surface area contributed by atoms with Crippen molar-refractivity contribution in [2.24, 2.45) is 0 Å². The number of nitrogens with one attached hydrogen (secondary N) is 1. The third-order valence-corrected chi connectivity index (χ3v) is 6.66. The van der Waals surface area contributed by atoms with E-state index in [1.165, 1.54) is 12.5 Å². The molecule has 3 heterocycles. The number of carbonyl (C=O) groups is 2. The lowest BCUT2D eigenvalue weighted by Gasteiger charge is -2.39. The Morgan fingerprint density at radius 3 is 2.50 bits per heavy atom. The minimum atomic E-state index is -0.919. The highest BCUT2D eigenvalue weighted by molar-refractivity contribution is 5.84. The largest absolute Gasteiger partial charge is 0.454 e.